The zero-order chi connectivity index (χ0) is 11.4. The van der Waals surface area contributed by atoms with E-state index in [0.717, 1.165) is 21.7 Å². The van der Waals surface area contributed by atoms with Gasteiger partial charge in [0.25, 0.3) is 0 Å². The van der Waals surface area contributed by atoms with Gasteiger partial charge < -0.3 is 10.6 Å². The monoisotopic (exact) mass is 330 g/mol. The molecule has 0 aliphatic heterocycles. The largest absolute Gasteiger partial charge is 0.325 e. The highest BCUT2D eigenvalue weighted by atomic mass is 127. The van der Waals surface area contributed by atoms with Crippen LogP contribution < -0.4 is 10.6 Å². The Morgan fingerprint density at radius 1 is 1.44 bits per heavy atom. The van der Waals surface area contributed by atoms with E-state index in [9.17, 15) is 4.79 Å². The first-order valence-corrected chi connectivity index (χ1v) is 6.58. The summed E-state index contributed by atoms with van der Waals surface area (Å²) in [6.45, 7) is 1.38. The van der Waals surface area contributed by atoms with Crippen LogP contribution in [0.25, 0.3) is 0 Å². The summed E-state index contributed by atoms with van der Waals surface area (Å²) in [7, 11) is 0. The third-order valence-electron chi connectivity index (χ3n) is 2.52. The molecule has 0 radical (unpaired) electrons. The minimum atomic E-state index is 0.0302. The molecule has 2 rings (SSSR count). The highest BCUT2D eigenvalue weighted by Gasteiger charge is 2.20. The number of hydrogen-bond donors (Lipinski definition) is 2. The highest BCUT2D eigenvalue weighted by Crippen LogP contribution is 2.27. The number of benzene rings is 1. The number of carbonyl (C=O) groups excluding carboxylic acids is 1. The van der Waals surface area contributed by atoms with Crippen molar-refractivity contribution < 1.29 is 4.79 Å². The van der Waals surface area contributed by atoms with Crippen LogP contribution in [-0.4, -0.2) is 19.0 Å². The Morgan fingerprint density at radius 2 is 2.25 bits per heavy atom. The number of carbonyl (C=O) groups is 1. The number of amides is 1. The van der Waals surface area contributed by atoms with Crippen LogP contribution in [0.5, 0.6) is 0 Å². The zero-order valence-corrected chi connectivity index (χ0v) is 11.2. The Hall–Kier alpha value is -0.620. The Balaban J connectivity index is 1.73. The molecule has 4 heteroatoms. The molecule has 0 saturated heterocycles. The topological polar surface area (TPSA) is 41.1 Å². The molecule has 86 valence electrons. The van der Waals surface area contributed by atoms with E-state index >= 15 is 0 Å². The number of hydrogen-bond acceptors (Lipinski definition) is 2. The van der Waals surface area contributed by atoms with Gasteiger partial charge in [0.1, 0.15) is 0 Å². The number of rotatable bonds is 5. The lowest BCUT2D eigenvalue weighted by Gasteiger charge is -2.06. The second kappa shape index (κ2) is 5.63. The Labute approximate surface area is 109 Å². The molecule has 1 saturated carbocycles. The molecule has 1 aliphatic carbocycles. The van der Waals surface area contributed by atoms with E-state index in [4.69, 9.17) is 0 Å². The molecule has 0 heterocycles. The molecule has 1 aliphatic rings. The third-order valence-corrected chi connectivity index (χ3v) is 3.19. The molecule has 1 fully saturated rings. The van der Waals surface area contributed by atoms with Crippen LogP contribution in [0.2, 0.25) is 0 Å². The van der Waals surface area contributed by atoms with Gasteiger partial charge in [0.2, 0.25) is 5.91 Å². The van der Waals surface area contributed by atoms with Crippen molar-refractivity contribution in [2.75, 3.05) is 18.4 Å². The van der Waals surface area contributed by atoms with E-state index in [1.54, 1.807) is 0 Å². The van der Waals surface area contributed by atoms with Gasteiger partial charge in [-0.25, -0.2) is 0 Å². The first kappa shape index (κ1) is 11.9. The molecule has 2 N–H and O–H groups in total. The van der Waals surface area contributed by atoms with Gasteiger partial charge in [-0.2, -0.15) is 0 Å². The summed E-state index contributed by atoms with van der Waals surface area (Å²) in [6.07, 6.45) is 2.62. The summed E-state index contributed by atoms with van der Waals surface area (Å²) in [5.41, 5.74) is 0.866. The zero-order valence-electron chi connectivity index (χ0n) is 9.00. The fourth-order valence-electron chi connectivity index (χ4n) is 1.48. The summed E-state index contributed by atoms with van der Waals surface area (Å²) < 4.78 is 1.13. The van der Waals surface area contributed by atoms with Crippen molar-refractivity contribution >= 4 is 34.2 Å². The number of nitrogens with one attached hydrogen (secondary N) is 2. The molecule has 16 heavy (non-hydrogen) atoms. The lowest BCUT2D eigenvalue weighted by molar-refractivity contribution is -0.115. The van der Waals surface area contributed by atoms with Crippen molar-refractivity contribution in [1.29, 1.82) is 0 Å². The van der Waals surface area contributed by atoms with E-state index in [2.05, 4.69) is 33.2 Å². The first-order valence-electron chi connectivity index (χ1n) is 5.50. The van der Waals surface area contributed by atoms with Gasteiger partial charge >= 0.3 is 0 Å². The molecule has 0 spiro atoms. The summed E-state index contributed by atoms with van der Waals surface area (Å²) in [5, 5.41) is 6.04. The summed E-state index contributed by atoms with van der Waals surface area (Å²) in [5.74, 6) is 0.841. The summed E-state index contributed by atoms with van der Waals surface area (Å²) >= 11 is 2.23. The van der Waals surface area contributed by atoms with E-state index < -0.39 is 0 Å². The van der Waals surface area contributed by atoms with Crippen LogP contribution in [0.3, 0.4) is 0 Å². The SMILES string of the molecule is O=C(CNCC1CC1)Nc1cccc(I)c1. The minimum absolute atomic E-state index is 0.0302. The molecule has 0 bridgehead atoms. The predicted molar refractivity (Wildman–Crippen MR) is 73.4 cm³/mol. The van der Waals surface area contributed by atoms with Crippen LogP contribution in [0.4, 0.5) is 5.69 Å². The van der Waals surface area contributed by atoms with Gasteiger partial charge in [0, 0.05) is 9.26 Å². The van der Waals surface area contributed by atoms with Crippen molar-refractivity contribution in [2.45, 2.75) is 12.8 Å². The lowest BCUT2D eigenvalue weighted by Crippen LogP contribution is -2.29. The standard InChI is InChI=1S/C12H15IN2O/c13-10-2-1-3-11(6-10)15-12(16)8-14-7-9-4-5-9/h1-3,6,9,14H,4-5,7-8H2,(H,15,16). The number of anilines is 1. The highest BCUT2D eigenvalue weighted by molar-refractivity contribution is 14.1. The Kier molecular flexibility index (Phi) is 4.17. The van der Waals surface area contributed by atoms with Crippen LogP contribution in [0, 0.1) is 9.49 Å². The van der Waals surface area contributed by atoms with E-state index in [-0.39, 0.29) is 5.91 Å². The maximum Gasteiger partial charge on any atom is 0.238 e. The number of halogens is 1. The molecule has 0 aromatic heterocycles. The van der Waals surface area contributed by atoms with Gasteiger partial charge in [-0.15, -0.1) is 0 Å². The maximum absolute atomic E-state index is 11.5. The molecule has 0 unspecified atom stereocenters. The molecule has 3 nitrogen and oxygen atoms in total. The fourth-order valence-corrected chi connectivity index (χ4v) is 2.03. The van der Waals surface area contributed by atoms with Crippen molar-refractivity contribution in [2.24, 2.45) is 5.92 Å². The Morgan fingerprint density at radius 3 is 2.94 bits per heavy atom. The smallest absolute Gasteiger partial charge is 0.238 e. The van der Waals surface area contributed by atoms with Gasteiger partial charge in [0.15, 0.2) is 0 Å². The van der Waals surface area contributed by atoms with E-state index in [0.29, 0.717) is 6.54 Å². The second-order valence-corrected chi connectivity index (χ2v) is 5.38. The molecule has 1 aromatic rings. The van der Waals surface area contributed by atoms with E-state index in [1.807, 2.05) is 24.3 Å². The molecule has 1 amide bonds. The average molecular weight is 330 g/mol. The average Bonchev–Trinajstić information content (AvgIpc) is 3.01. The van der Waals surface area contributed by atoms with Gasteiger partial charge in [-0.3, -0.25) is 4.79 Å². The molecular formula is C12H15IN2O. The van der Waals surface area contributed by atoms with Crippen molar-refractivity contribution in [3.8, 4) is 0 Å². The van der Waals surface area contributed by atoms with Gasteiger partial charge in [-0.05, 0) is 66.1 Å². The van der Waals surface area contributed by atoms with Crippen molar-refractivity contribution in [3.05, 3.63) is 27.8 Å². The van der Waals surface area contributed by atoms with Crippen LogP contribution in [-0.2, 0) is 4.79 Å². The quantitative estimate of drug-likeness (QED) is 0.813. The van der Waals surface area contributed by atoms with Gasteiger partial charge in [-0.1, -0.05) is 6.07 Å². The Bertz CT molecular complexity index is 377. The van der Waals surface area contributed by atoms with Crippen LogP contribution in [0.15, 0.2) is 24.3 Å². The molecule has 0 atom stereocenters. The van der Waals surface area contributed by atoms with Crippen molar-refractivity contribution in [1.82, 2.24) is 5.32 Å². The molecule has 1 aromatic carbocycles. The normalized spacial score (nSPS) is 14.8. The summed E-state index contributed by atoms with van der Waals surface area (Å²) in [6, 6.07) is 7.80. The first-order chi connectivity index (χ1) is 7.74. The van der Waals surface area contributed by atoms with Crippen molar-refractivity contribution in [3.63, 3.8) is 0 Å². The van der Waals surface area contributed by atoms with Gasteiger partial charge in [0.05, 0.1) is 6.54 Å². The lowest BCUT2D eigenvalue weighted by atomic mass is 10.3. The van der Waals surface area contributed by atoms with Crippen LogP contribution in [0.1, 0.15) is 12.8 Å². The fraction of sp³-hybridized carbons (Fsp3) is 0.417. The summed E-state index contributed by atoms with van der Waals surface area (Å²) in [4.78, 5) is 11.5. The van der Waals surface area contributed by atoms with E-state index in [1.165, 1.54) is 12.8 Å². The maximum atomic E-state index is 11.5. The second-order valence-electron chi connectivity index (χ2n) is 4.13. The van der Waals surface area contributed by atoms with Crippen LogP contribution >= 0.6 is 22.6 Å². The molecular weight excluding hydrogens is 315 g/mol. The predicted octanol–water partition coefficient (Wildman–Crippen LogP) is 2.23. The minimum Gasteiger partial charge on any atom is -0.325 e. The third kappa shape index (κ3) is 4.09.